The van der Waals surface area contributed by atoms with Crippen molar-refractivity contribution in [2.24, 2.45) is 0 Å². The number of rotatable bonds is 3. The average Bonchev–Trinajstić information content (AvgIpc) is 2.30. The second-order valence-corrected chi connectivity index (χ2v) is 6.63. The molecule has 1 saturated heterocycles. The standard InChI is InChI=1S/C14H21NOS/c1-11-3-4-13(12(2)9-11)10-15-14-5-7-17(16)8-6-14/h3-4,9,14-15H,5-8,10H2,1-2H3. The van der Waals surface area contributed by atoms with Crippen LogP contribution in [0.4, 0.5) is 0 Å². The molecule has 17 heavy (non-hydrogen) atoms. The zero-order valence-electron chi connectivity index (χ0n) is 10.7. The lowest BCUT2D eigenvalue weighted by Crippen LogP contribution is -2.35. The van der Waals surface area contributed by atoms with Crippen LogP contribution in [0.15, 0.2) is 18.2 Å². The lowest BCUT2D eigenvalue weighted by atomic mass is 10.0. The minimum atomic E-state index is -0.556. The van der Waals surface area contributed by atoms with Gasteiger partial charge in [-0.05, 0) is 37.8 Å². The number of nitrogens with one attached hydrogen (secondary N) is 1. The summed E-state index contributed by atoms with van der Waals surface area (Å²) in [5, 5.41) is 3.58. The van der Waals surface area contributed by atoms with Crippen molar-refractivity contribution in [3.8, 4) is 0 Å². The molecule has 0 spiro atoms. The van der Waals surface area contributed by atoms with Crippen LogP contribution in [-0.4, -0.2) is 21.8 Å². The van der Waals surface area contributed by atoms with Gasteiger partial charge >= 0.3 is 0 Å². The molecular formula is C14H21NOS. The van der Waals surface area contributed by atoms with Crippen LogP contribution in [0.5, 0.6) is 0 Å². The fourth-order valence-corrected chi connectivity index (χ4v) is 3.60. The quantitative estimate of drug-likeness (QED) is 0.893. The lowest BCUT2D eigenvalue weighted by Gasteiger charge is -2.23. The van der Waals surface area contributed by atoms with E-state index in [1.54, 1.807) is 0 Å². The summed E-state index contributed by atoms with van der Waals surface area (Å²) >= 11 is 0. The lowest BCUT2D eigenvalue weighted by molar-refractivity contribution is 0.474. The van der Waals surface area contributed by atoms with Gasteiger partial charge in [0.1, 0.15) is 0 Å². The van der Waals surface area contributed by atoms with Crippen LogP contribution in [0, 0.1) is 13.8 Å². The third-order valence-electron chi connectivity index (χ3n) is 3.47. The molecular weight excluding hydrogens is 230 g/mol. The zero-order chi connectivity index (χ0) is 12.3. The molecule has 94 valence electrons. The first-order valence-corrected chi connectivity index (χ1v) is 7.78. The molecule has 1 aliphatic rings. The highest BCUT2D eigenvalue weighted by Gasteiger charge is 2.17. The molecule has 1 aromatic carbocycles. The molecule has 0 radical (unpaired) electrons. The highest BCUT2D eigenvalue weighted by Crippen LogP contribution is 2.13. The smallest absolute Gasteiger partial charge is 0.0249 e. The van der Waals surface area contributed by atoms with Gasteiger partial charge in [-0.2, -0.15) is 0 Å². The largest absolute Gasteiger partial charge is 0.310 e. The fraction of sp³-hybridized carbons (Fsp3) is 0.571. The first-order valence-electron chi connectivity index (χ1n) is 6.29. The molecule has 0 amide bonds. The number of hydrogen-bond donors (Lipinski definition) is 1. The topological polar surface area (TPSA) is 29.1 Å². The molecule has 3 heteroatoms. The maximum atomic E-state index is 11.3. The highest BCUT2D eigenvalue weighted by molar-refractivity contribution is 7.85. The van der Waals surface area contributed by atoms with Gasteiger partial charge in [-0.1, -0.05) is 23.8 Å². The van der Waals surface area contributed by atoms with E-state index >= 15 is 0 Å². The molecule has 0 saturated carbocycles. The van der Waals surface area contributed by atoms with E-state index in [1.807, 2.05) is 0 Å². The summed E-state index contributed by atoms with van der Waals surface area (Å²) in [4.78, 5) is 0. The SMILES string of the molecule is Cc1ccc(CNC2CCS(=O)CC2)c(C)c1. The minimum absolute atomic E-state index is 0.549. The van der Waals surface area contributed by atoms with Gasteiger partial charge in [-0.25, -0.2) is 0 Å². The summed E-state index contributed by atoms with van der Waals surface area (Å²) in [6.07, 6.45) is 2.11. The van der Waals surface area contributed by atoms with Crippen LogP contribution in [-0.2, 0) is 17.3 Å². The Hall–Kier alpha value is -0.670. The van der Waals surface area contributed by atoms with Crippen LogP contribution in [0.1, 0.15) is 29.5 Å². The molecule has 1 aromatic rings. The van der Waals surface area contributed by atoms with E-state index in [0.29, 0.717) is 6.04 Å². The first-order chi connectivity index (χ1) is 8.15. The monoisotopic (exact) mass is 251 g/mol. The van der Waals surface area contributed by atoms with Crippen LogP contribution < -0.4 is 5.32 Å². The summed E-state index contributed by atoms with van der Waals surface area (Å²) in [7, 11) is -0.556. The van der Waals surface area contributed by atoms with Gasteiger partial charge in [-0.3, -0.25) is 4.21 Å². The summed E-state index contributed by atoms with van der Waals surface area (Å²) in [6.45, 7) is 5.23. The second kappa shape index (κ2) is 5.78. The molecule has 0 aromatic heterocycles. The van der Waals surface area contributed by atoms with Gasteiger partial charge in [0.25, 0.3) is 0 Å². The van der Waals surface area contributed by atoms with E-state index in [-0.39, 0.29) is 0 Å². The van der Waals surface area contributed by atoms with Crippen LogP contribution in [0.3, 0.4) is 0 Å². The van der Waals surface area contributed by atoms with Crippen molar-refractivity contribution in [2.45, 2.75) is 39.3 Å². The molecule has 0 unspecified atom stereocenters. The van der Waals surface area contributed by atoms with Gasteiger partial charge in [0.05, 0.1) is 0 Å². The Labute approximate surface area is 106 Å². The van der Waals surface area contributed by atoms with E-state index in [4.69, 9.17) is 0 Å². The van der Waals surface area contributed by atoms with Crippen molar-refractivity contribution < 1.29 is 4.21 Å². The van der Waals surface area contributed by atoms with E-state index in [9.17, 15) is 4.21 Å². The van der Waals surface area contributed by atoms with Crippen molar-refractivity contribution in [1.82, 2.24) is 5.32 Å². The van der Waals surface area contributed by atoms with E-state index in [1.165, 1.54) is 16.7 Å². The summed E-state index contributed by atoms with van der Waals surface area (Å²) in [6, 6.07) is 7.15. The maximum Gasteiger partial charge on any atom is 0.0249 e. The van der Waals surface area contributed by atoms with E-state index in [0.717, 1.165) is 30.9 Å². The minimum Gasteiger partial charge on any atom is -0.310 e. The Bertz CT molecular complexity index is 407. The predicted molar refractivity (Wildman–Crippen MR) is 73.7 cm³/mol. The van der Waals surface area contributed by atoms with E-state index < -0.39 is 10.8 Å². The second-order valence-electron chi connectivity index (χ2n) is 4.93. The third-order valence-corrected chi connectivity index (χ3v) is 4.85. The fourth-order valence-electron chi connectivity index (χ4n) is 2.30. The van der Waals surface area contributed by atoms with Gasteiger partial charge in [0, 0.05) is 34.9 Å². The molecule has 1 fully saturated rings. The Balaban J connectivity index is 1.87. The van der Waals surface area contributed by atoms with Crippen molar-refractivity contribution >= 4 is 10.8 Å². The predicted octanol–water partition coefficient (Wildman–Crippen LogP) is 2.30. The van der Waals surface area contributed by atoms with Gasteiger partial charge < -0.3 is 5.32 Å². The van der Waals surface area contributed by atoms with Crippen molar-refractivity contribution in [2.75, 3.05) is 11.5 Å². The Morgan fingerprint density at radius 2 is 2.00 bits per heavy atom. The first kappa shape index (κ1) is 12.8. The van der Waals surface area contributed by atoms with Gasteiger partial charge in [0.15, 0.2) is 0 Å². The summed E-state index contributed by atoms with van der Waals surface area (Å²) in [5.41, 5.74) is 4.05. The molecule has 0 aliphatic carbocycles. The normalized spacial score (nSPS) is 24.8. The molecule has 1 heterocycles. The number of aryl methyl sites for hydroxylation is 2. The molecule has 0 bridgehead atoms. The number of benzene rings is 1. The van der Waals surface area contributed by atoms with Gasteiger partial charge in [-0.15, -0.1) is 0 Å². The molecule has 1 aliphatic heterocycles. The summed E-state index contributed by atoms with van der Waals surface area (Å²) in [5.74, 6) is 1.73. The van der Waals surface area contributed by atoms with Crippen LogP contribution in [0.2, 0.25) is 0 Å². The Morgan fingerprint density at radius 3 is 2.65 bits per heavy atom. The number of hydrogen-bond acceptors (Lipinski definition) is 2. The maximum absolute atomic E-state index is 11.3. The van der Waals surface area contributed by atoms with Crippen molar-refractivity contribution in [3.05, 3.63) is 34.9 Å². The van der Waals surface area contributed by atoms with Gasteiger partial charge in [0.2, 0.25) is 0 Å². The Kier molecular flexibility index (Phi) is 4.35. The molecule has 1 N–H and O–H groups in total. The average molecular weight is 251 g/mol. The van der Waals surface area contributed by atoms with Crippen LogP contribution in [0.25, 0.3) is 0 Å². The summed E-state index contributed by atoms with van der Waals surface area (Å²) < 4.78 is 11.3. The van der Waals surface area contributed by atoms with Crippen molar-refractivity contribution in [1.29, 1.82) is 0 Å². The third kappa shape index (κ3) is 3.65. The highest BCUT2D eigenvalue weighted by atomic mass is 32.2. The van der Waals surface area contributed by atoms with Crippen molar-refractivity contribution in [3.63, 3.8) is 0 Å². The van der Waals surface area contributed by atoms with Crippen LogP contribution >= 0.6 is 0 Å². The molecule has 2 rings (SSSR count). The Morgan fingerprint density at radius 1 is 1.29 bits per heavy atom. The molecule has 2 nitrogen and oxygen atoms in total. The van der Waals surface area contributed by atoms with E-state index in [2.05, 4.69) is 37.4 Å². The zero-order valence-corrected chi connectivity index (χ0v) is 11.5. The molecule has 0 atom stereocenters.